The van der Waals surface area contributed by atoms with Gasteiger partial charge in [0.15, 0.2) is 0 Å². The van der Waals surface area contributed by atoms with Gasteiger partial charge in [-0.25, -0.2) is 0 Å². The maximum atomic E-state index is 12.0. The third-order valence-corrected chi connectivity index (χ3v) is 3.38. The van der Waals surface area contributed by atoms with Crippen LogP contribution in [0.15, 0.2) is 30.3 Å². The van der Waals surface area contributed by atoms with Crippen LogP contribution in [0.3, 0.4) is 0 Å². The number of carbonyl (C=O) groups excluding carboxylic acids is 1. The molecule has 0 aliphatic carbocycles. The maximum Gasteiger partial charge on any atom is 0.309 e. The van der Waals surface area contributed by atoms with Crippen molar-refractivity contribution in [3.05, 3.63) is 35.9 Å². The summed E-state index contributed by atoms with van der Waals surface area (Å²) in [5.41, 5.74) is 0.893. The Morgan fingerprint density at radius 3 is 2.44 bits per heavy atom. The van der Waals surface area contributed by atoms with E-state index in [1.54, 1.807) is 4.90 Å². The minimum absolute atomic E-state index is 0.00653. The zero-order chi connectivity index (χ0) is 13.3. The third kappa shape index (κ3) is 2.10. The molecule has 1 amide bonds. The van der Waals surface area contributed by atoms with Crippen LogP contribution in [0.4, 0.5) is 0 Å². The Labute approximate surface area is 106 Å². The molecule has 1 aliphatic heterocycles. The van der Waals surface area contributed by atoms with Gasteiger partial charge in [0.25, 0.3) is 0 Å². The van der Waals surface area contributed by atoms with Crippen LogP contribution in [0, 0.1) is 5.92 Å². The molecule has 4 nitrogen and oxygen atoms in total. The summed E-state index contributed by atoms with van der Waals surface area (Å²) in [5.74, 6) is -1.63. The molecule has 0 unspecified atom stereocenters. The van der Waals surface area contributed by atoms with E-state index < -0.39 is 11.9 Å². The maximum absolute atomic E-state index is 12.0. The number of hydrogen-bond donors (Lipinski definition) is 1. The second kappa shape index (κ2) is 4.80. The smallest absolute Gasteiger partial charge is 0.309 e. The number of carbonyl (C=O) groups is 2. The molecule has 1 heterocycles. The van der Waals surface area contributed by atoms with Gasteiger partial charge >= 0.3 is 5.97 Å². The highest BCUT2D eigenvalue weighted by Crippen LogP contribution is 2.39. The molecular formula is C14H17NO3. The number of hydrogen-bond acceptors (Lipinski definition) is 2. The quantitative estimate of drug-likeness (QED) is 0.889. The van der Waals surface area contributed by atoms with E-state index in [2.05, 4.69) is 0 Å². The van der Waals surface area contributed by atoms with E-state index in [0.717, 1.165) is 5.56 Å². The molecule has 1 aliphatic rings. The van der Waals surface area contributed by atoms with Gasteiger partial charge < -0.3 is 10.0 Å². The Hall–Kier alpha value is -1.84. The van der Waals surface area contributed by atoms with Gasteiger partial charge in [0, 0.05) is 12.5 Å². The fourth-order valence-electron chi connectivity index (χ4n) is 2.63. The van der Waals surface area contributed by atoms with Crippen molar-refractivity contribution < 1.29 is 14.7 Å². The summed E-state index contributed by atoms with van der Waals surface area (Å²) in [6.45, 7) is 3.83. The second-order valence-electron chi connectivity index (χ2n) is 4.90. The molecule has 0 saturated carbocycles. The molecule has 2 atom stereocenters. The van der Waals surface area contributed by atoms with E-state index in [4.69, 9.17) is 0 Å². The number of aliphatic carboxylic acids is 1. The molecule has 4 heteroatoms. The Kier molecular flexibility index (Phi) is 3.36. The van der Waals surface area contributed by atoms with E-state index in [0.29, 0.717) is 0 Å². The highest BCUT2D eigenvalue weighted by atomic mass is 16.4. The molecule has 1 aromatic rings. The van der Waals surface area contributed by atoms with Gasteiger partial charge in [-0.2, -0.15) is 0 Å². The van der Waals surface area contributed by atoms with E-state index >= 15 is 0 Å². The summed E-state index contributed by atoms with van der Waals surface area (Å²) in [7, 11) is 0. The predicted molar refractivity (Wildman–Crippen MR) is 66.9 cm³/mol. The molecule has 1 N–H and O–H groups in total. The van der Waals surface area contributed by atoms with Gasteiger partial charge in [0.05, 0.1) is 12.0 Å². The van der Waals surface area contributed by atoms with E-state index in [9.17, 15) is 14.7 Å². The van der Waals surface area contributed by atoms with Crippen LogP contribution in [0.2, 0.25) is 0 Å². The lowest BCUT2D eigenvalue weighted by atomic mass is 9.93. The predicted octanol–water partition coefficient (Wildman–Crippen LogP) is 2.07. The van der Waals surface area contributed by atoms with E-state index in [-0.39, 0.29) is 24.4 Å². The summed E-state index contributed by atoms with van der Waals surface area (Å²) < 4.78 is 0. The molecule has 0 aromatic heterocycles. The van der Waals surface area contributed by atoms with Crippen LogP contribution < -0.4 is 0 Å². The molecule has 1 aromatic carbocycles. The lowest BCUT2D eigenvalue weighted by Gasteiger charge is -2.30. The normalized spacial score (nSPS) is 23.7. The second-order valence-corrected chi connectivity index (χ2v) is 4.90. The summed E-state index contributed by atoms with van der Waals surface area (Å²) in [5, 5.41) is 9.28. The number of amides is 1. The SMILES string of the molecule is CC(C)N1C(=O)C[C@H](C(=O)O)[C@@H]1c1ccccc1. The number of benzene rings is 1. The molecule has 96 valence electrons. The Morgan fingerprint density at radius 1 is 1.33 bits per heavy atom. The number of likely N-dealkylation sites (tertiary alicyclic amines) is 1. The lowest BCUT2D eigenvalue weighted by molar-refractivity contribution is -0.142. The van der Waals surface area contributed by atoms with Crippen LogP contribution in [0.5, 0.6) is 0 Å². The van der Waals surface area contributed by atoms with Crippen molar-refractivity contribution in [2.45, 2.75) is 32.4 Å². The molecular weight excluding hydrogens is 230 g/mol. The van der Waals surface area contributed by atoms with Crippen molar-refractivity contribution in [3.63, 3.8) is 0 Å². The Bertz CT molecular complexity index is 455. The van der Waals surface area contributed by atoms with Crippen molar-refractivity contribution in [2.75, 3.05) is 0 Å². The molecule has 18 heavy (non-hydrogen) atoms. The van der Waals surface area contributed by atoms with Gasteiger partial charge in [0.2, 0.25) is 5.91 Å². The number of nitrogens with zero attached hydrogens (tertiary/aromatic N) is 1. The highest BCUT2D eigenvalue weighted by molar-refractivity contribution is 5.87. The molecule has 0 spiro atoms. The zero-order valence-electron chi connectivity index (χ0n) is 10.5. The summed E-state index contributed by atoms with van der Waals surface area (Å²) in [4.78, 5) is 25.0. The van der Waals surface area contributed by atoms with Crippen LogP contribution in [-0.4, -0.2) is 27.9 Å². The van der Waals surface area contributed by atoms with E-state index in [1.165, 1.54) is 0 Å². The van der Waals surface area contributed by atoms with Gasteiger partial charge in [-0.1, -0.05) is 30.3 Å². The molecule has 0 radical (unpaired) electrons. The minimum Gasteiger partial charge on any atom is -0.481 e. The fourth-order valence-corrected chi connectivity index (χ4v) is 2.63. The van der Waals surface area contributed by atoms with Crippen LogP contribution in [-0.2, 0) is 9.59 Å². The van der Waals surface area contributed by atoms with Crippen molar-refractivity contribution in [1.29, 1.82) is 0 Å². The molecule has 2 rings (SSSR count). The first-order valence-electron chi connectivity index (χ1n) is 6.11. The van der Waals surface area contributed by atoms with E-state index in [1.807, 2.05) is 44.2 Å². The number of carboxylic acid groups (broad SMARTS) is 1. The first kappa shape index (κ1) is 12.6. The monoisotopic (exact) mass is 247 g/mol. The Morgan fingerprint density at radius 2 is 1.94 bits per heavy atom. The first-order chi connectivity index (χ1) is 8.52. The summed E-state index contributed by atoms with van der Waals surface area (Å²) in [6, 6.07) is 9.05. The van der Waals surface area contributed by atoms with Crippen LogP contribution in [0.25, 0.3) is 0 Å². The third-order valence-electron chi connectivity index (χ3n) is 3.38. The van der Waals surface area contributed by atoms with Crippen molar-refractivity contribution in [2.24, 2.45) is 5.92 Å². The minimum atomic E-state index is -0.902. The number of carboxylic acids is 1. The van der Waals surface area contributed by atoms with Crippen LogP contribution >= 0.6 is 0 Å². The average Bonchev–Trinajstić information content (AvgIpc) is 2.68. The van der Waals surface area contributed by atoms with Crippen molar-refractivity contribution >= 4 is 11.9 Å². The lowest BCUT2D eigenvalue weighted by Crippen LogP contribution is -2.36. The topological polar surface area (TPSA) is 57.6 Å². The average molecular weight is 247 g/mol. The fraction of sp³-hybridized carbons (Fsp3) is 0.429. The van der Waals surface area contributed by atoms with Crippen molar-refractivity contribution in [1.82, 2.24) is 4.90 Å². The highest BCUT2D eigenvalue weighted by Gasteiger charge is 2.45. The van der Waals surface area contributed by atoms with Gasteiger partial charge in [-0.15, -0.1) is 0 Å². The largest absolute Gasteiger partial charge is 0.481 e. The molecule has 1 fully saturated rings. The number of rotatable bonds is 3. The Balaban J connectivity index is 2.43. The molecule has 1 saturated heterocycles. The van der Waals surface area contributed by atoms with Gasteiger partial charge in [-0.3, -0.25) is 9.59 Å². The first-order valence-corrected chi connectivity index (χ1v) is 6.11. The summed E-state index contributed by atoms with van der Waals surface area (Å²) in [6.07, 6.45) is 0.0904. The zero-order valence-corrected chi connectivity index (χ0v) is 10.5. The van der Waals surface area contributed by atoms with Gasteiger partial charge in [-0.05, 0) is 19.4 Å². The molecule has 0 bridgehead atoms. The standard InChI is InChI=1S/C14H17NO3/c1-9(2)15-12(16)8-11(14(17)18)13(15)10-6-4-3-5-7-10/h3-7,9,11,13H,8H2,1-2H3,(H,17,18)/t11-,13-/m0/s1. The van der Waals surface area contributed by atoms with Crippen molar-refractivity contribution in [3.8, 4) is 0 Å². The summed E-state index contributed by atoms with van der Waals surface area (Å²) >= 11 is 0. The van der Waals surface area contributed by atoms with Crippen LogP contribution in [0.1, 0.15) is 31.9 Å². The van der Waals surface area contributed by atoms with Gasteiger partial charge in [0.1, 0.15) is 0 Å².